The number of nitrogens with two attached hydrogens (primary N) is 1. The molecule has 198 valence electrons. The van der Waals surface area contributed by atoms with Gasteiger partial charge in [-0.25, -0.2) is 0 Å². The van der Waals surface area contributed by atoms with Crippen molar-refractivity contribution in [2.24, 2.45) is 11.7 Å². The summed E-state index contributed by atoms with van der Waals surface area (Å²) in [7, 11) is 0. The number of nitrogens with one attached hydrogen (secondary N) is 1. The number of ketones is 1. The Bertz CT molecular complexity index is 966. The smallest absolute Gasteiger partial charge is 0.246 e. The molecule has 9 nitrogen and oxygen atoms in total. The van der Waals surface area contributed by atoms with Gasteiger partial charge in [-0.15, -0.1) is 0 Å². The molecule has 0 aromatic heterocycles. The molecule has 3 rings (SSSR count). The lowest BCUT2D eigenvalue weighted by Gasteiger charge is -2.41. The van der Waals surface area contributed by atoms with Gasteiger partial charge in [-0.1, -0.05) is 44.2 Å². The van der Waals surface area contributed by atoms with Crippen molar-refractivity contribution >= 4 is 23.5 Å². The summed E-state index contributed by atoms with van der Waals surface area (Å²) in [4.78, 5) is 56.3. The summed E-state index contributed by atoms with van der Waals surface area (Å²) >= 11 is 0. The van der Waals surface area contributed by atoms with E-state index in [1.54, 1.807) is 9.80 Å². The van der Waals surface area contributed by atoms with Crippen LogP contribution in [0, 0.1) is 5.92 Å². The number of carbonyl (C=O) groups excluding carboxylic acids is 4. The second kappa shape index (κ2) is 11.5. The highest BCUT2D eigenvalue weighted by molar-refractivity contribution is 5.98. The van der Waals surface area contributed by atoms with E-state index in [9.17, 15) is 24.3 Å². The van der Waals surface area contributed by atoms with Crippen LogP contribution < -0.4 is 11.1 Å². The molecule has 3 amide bonds. The number of benzene rings is 1. The van der Waals surface area contributed by atoms with Gasteiger partial charge in [-0.05, 0) is 51.0 Å². The Kier molecular flexibility index (Phi) is 8.89. The highest BCUT2D eigenvalue weighted by Crippen LogP contribution is 2.36. The standard InChI is InChI=1S/C27H40N4O5/c1-17(2)22(28)25(35)30-14-8-12-21(30)24(34)31-15-9-13-27(31,16-20-10-6-5-7-11-20)26(36)29-23(18(3)32)19(4)33/h5-7,10-11,17-18,21-23,32H,8-9,12-16,28H2,1-4H3,(H,29,36). The fourth-order valence-electron chi connectivity index (χ4n) is 5.41. The van der Waals surface area contributed by atoms with Crippen molar-refractivity contribution in [2.45, 2.75) is 89.6 Å². The predicted molar refractivity (Wildman–Crippen MR) is 136 cm³/mol. The molecule has 2 aliphatic rings. The van der Waals surface area contributed by atoms with Crippen LogP contribution in [0.5, 0.6) is 0 Å². The summed E-state index contributed by atoms with van der Waals surface area (Å²) in [6, 6.07) is 6.99. The van der Waals surface area contributed by atoms with E-state index in [0.717, 1.165) is 5.56 Å². The molecule has 2 saturated heterocycles. The van der Waals surface area contributed by atoms with Crippen LogP contribution in [0.4, 0.5) is 0 Å². The van der Waals surface area contributed by atoms with Crippen LogP contribution >= 0.6 is 0 Å². The molecule has 5 unspecified atom stereocenters. The summed E-state index contributed by atoms with van der Waals surface area (Å²) in [5.41, 5.74) is 5.78. The third kappa shape index (κ3) is 5.62. The number of hydrogen-bond donors (Lipinski definition) is 3. The second-order valence-corrected chi connectivity index (χ2v) is 10.5. The Morgan fingerprint density at radius 1 is 1.11 bits per heavy atom. The molecule has 2 aliphatic heterocycles. The van der Waals surface area contributed by atoms with E-state index in [4.69, 9.17) is 5.73 Å². The molecular formula is C27H40N4O5. The first-order chi connectivity index (χ1) is 17.0. The van der Waals surface area contributed by atoms with Crippen molar-refractivity contribution in [1.29, 1.82) is 0 Å². The van der Waals surface area contributed by atoms with Gasteiger partial charge in [0.2, 0.25) is 17.7 Å². The van der Waals surface area contributed by atoms with Crippen molar-refractivity contribution in [2.75, 3.05) is 13.1 Å². The van der Waals surface area contributed by atoms with Gasteiger partial charge >= 0.3 is 0 Å². The molecule has 0 bridgehead atoms. The van der Waals surface area contributed by atoms with E-state index in [1.165, 1.54) is 13.8 Å². The van der Waals surface area contributed by atoms with Crippen LogP contribution in [0.15, 0.2) is 30.3 Å². The number of likely N-dealkylation sites (tertiary alicyclic amines) is 2. The zero-order valence-corrected chi connectivity index (χ0v) is 21.8. The summed E-state index contributed by atoms with van der Waals surface area (Å²) < 4.78 is 0. The number of carbonyl (C=O) groups is 4. The number of aliphatic hydroxyl groups excluding tert-OH is 1. The largest absolute Gasteiger partial charge is 0.391 e. The molecule has 1 aromatic carbocycles. The first-order valence-electron chi connectivity index (χ1n) is 12.9. The second-order valence-electron chi connectivity index (χ2n) is 10.5. The summed E-state index contributed by atoms with van der Waals surface area (Å²) in [5, 5.41) is 12.8. The van der Waals surface area contributed by atoms with Crippen molar-refractivity contribution in [1.82, 2.24) is 15.1 Å². The van der Waals surface area contributed by atoms with Gasteiger partial charge in [0.15, 0.2) is 5.78 Å². The van der Waals surface area contributed by atoms with Gasteiger partial charge in [0.25, 0.3) is 0 Å². The molecule has 0 aliphatic carbocycles. The summed E-state index contributed by atoms with van der Waals surface area (Å²) in [5.74, 6) is -1.40. The lowest BCUT2D eigenvalue weighted by atomic mass is 9.86. The number of hydrogen-bond acceptors (Lipinski definition) is 6. The Balaban J connectivity index is 1.96. The van der Waals surface area contributed by atoms with Gasteiger partial charge < -0.3 is 26.0 Å². The molecule has 2 heterocycles. The maximum Gasteiger partial charge on any atom is 0.246 e. The average molecular weight is 501 g/mol. The molecule has 0 spiro atoms. The Morgan fingerprint density at radius 2 is 1.78 bits per heavy atom. The zero-order chi connectivity index (χ0) is 26.6. The first kappa shape index (κ1) is 27.8. The zero-order valence-electron chi connectivity index (χ0n) is 21.8. The highest BCUT2D eigenvalue weighted by Gasteiger charge is 2.53. The quantitative estimate of drug-likeness (QED) is 0.464. The van der Waals surface area contributed by atoms with E-state index in [-0.39, 0.29) is 29.9 Å². The van der Waals surface area contributed by atoms with Gasteiger partial charge in [-0.2, -0.15) is 0 Å². The number of rotatable bonds is 9. The average Bonchev–Trinajstić information content (AvgIpc) is 3.49. The number of amides is 3. The van der Waals surface area contributed by atoms with Crippen molar-refractivity contribution in [3.05, 3.63) is 35.9 Å². The Labute approximate surface area is 213 Å². The summed E-state index contributed by atoms with van der Waals surface area (Å²) in [6.45, 7) is 7.34. The maximum absolute atomic E-state index is 14.0. The fraction of sp³-hybridized carbons (Fsp3) is 0.630. The van der Waals surface area contributed by atoms with Gasteiger partial charge in [0, 0.05) is 19.5 Å². The first-order valence-corrected chi connectivity index (χ1v) is 12.9. The number of aliphatic hydroxyl groups is 1. The Morgan fingerprint density at radius 3 is 2.36 bits per heavy atom. The van der Waals surface area contributed by atoms with Gasteiger partial charge in [-0.3, -0.25) is 19.2 Å². The van der Waals surface area contributed by atoms with E-state index < -0.39 is 35.7 Å². The SMILES string of the molecule is CC(=O)C(NC(=O)C1(Cc2ccccc2)CCCN1C(=O)C1CCCN1C(=O)C(N)C(C)C)C(C)O. The van der Waals surface area contributed by atoms with Crippen LogP contribution in [-0.2, 0) is 25.6 Å². The molecule has 0 radical (unpaired) electrons. The van der Waals surface area contributed by atoms with Crippen molar-refractivity contribution in [3.63, 3.8) is 0 Å². The van der Waals surface area contributed by atoms with Gasteiger partial charge in [0.05, 0.1) is 12.1 Å². The van der Waals surface area contributed by atoms with E-state index >= 15 is 0 Å². The molecule has 36 heavy (non-hydrogen) atoms. The predicted octanol–water partition coefficient (Wildman–Crippen LogP) is 1.02. The monoisotopic (exact) mass is 500 g/mol. The van der Waals surface area contributed by atoms with E-state index in [1.807, 2.05) is 44.2 Å². The van der Waals surface area contributed by atoms with Crippen LogP contribution in [0.1, 0.15) is 58.9 Å². The van der Waals surface area contributed by atoms with Gasteiger partial charge in [0.1, 0.15) is 17.6 Å². The fourth-order valence-corrected chi connectivity index (χ4v) is 5.41. The topological polar surface area (TPSA) is 133 Å². The minimum atomic E-state index is -1.24. The third-order valence-corrected chi connectivity index (χ3v) is 7.55. The molecule has 0 saturated carbocycles. The Hall–Kier alpha value is -2.78. The van der Waals surface area contributed by atoms with Crippen molar-refractivity contribution in [3.8, 4) is 0 Å². The van der Waals surface area contributed by atoms with Crippen molar-refractivity contribution < 1.29 is 24.3 Å². The molecule has 2 fully saturated rings. The number of nitrogens with zero attached hydrogens (tertiary/aromatic N) is 2. The lowest BCUT2D eigenvalue weighted by molar-refractivity contribution is -0.152. The van der Waals surface area contributed by atoms with E-state index in [0.29, 0.717) is 38.8 Å². The molecular weight excluding hydrogens is 460 g/mol. The molecule has 5 atom stereocenters. The molecule has 4 N–H and O–H groups in total. The van der Waals surface area contributed by atoms with Crippen LogP contribution in [0.2, 0.25) is 0 Å². The number of Topliss-reactive ketones (excluding diaryl/α,β-unsaturated/α-hetero) is 1. The van der Waals surface area contributed by atoms with Crippen LogP contribution in [0.25, 0.3) is 0 Å². The molecule has 1 aromatic rings. The maximum atomic E-state index is 14.0. The lowest BCUT2D eigenvalue weighted by Crippen LogP contribution is -2.64. The van der Waals surface area contributed by atoms with E-state index in [2.05, 4.69) is 5.32 Å². The third-order valence-electron chi connectivity index (χ3n) is 7.55. The normalized spacial score (nSPS) is 24.5. The highest BCUT2D eigenvalue weighted by atomic mass is 16.3. The summed E-state index contributed by atoms with van der Waals surface area (Å²) in [6.07, 6.45) is 1.41. The van der Waals surface area contributed by atoms with Crippen LogP contribution in [0.3, 0.4) is 0 Å². The minimum Gasteiger partial charge on any atom is -0.391 e. The van der Waals surface area contributed by atoms with Crippen LogP contribution in [-0.4, -0.2) is 81.3 Å². The molecule has 9 heteroatoms. The minimum absolute atomic E-state index is 0.0624.